The molecule has 1 aromatic heterocycles. The van der Waals surface area contributed by atoms with Crippen LogP contribution in [0.25, 0.3) is 11.3 Å². The normalized spacial score (nSPS) is 14.3. The number of halogens is 1. The first-order valence-electron chi connectivity index (χ1n) is 12.1. The fourth-order valence-electron chi connectivity index (χ4n) is 4.78. The van der Waals surface area contributed by atoms with Crippen LogP contribution < -0.4 is 24.3 Å². The Labute approximate surface area is 218 Å². The number of likely N-dealkylation sites (tertiary alicyclic amines) is 1. The molecule has 5 rings (SSSR count). The second-order valence-corrected chi connectivity index (χ2v) is 8.82. The van der Waals surface area contributed by atoms with Gasteiger partial charge in [-0.25, -0.2) is 9.97 Å². The maximum absolute atomic E-state index is 6.09. The summed E-state index contributed by atoms with van der Waals surface area (Å²) in [4.78, 5) is 11.8. The van der Waals surface area contributed by atoms with Crippen LogP contribution in [0.4, 0.5) is 11.6 Å². The van der Waals surface area contributed by atoms with E-state index in [1.54, 1.807) is 21.3 Å². The van der Waals surface area contributed by atoms with Gasteiger partial charge in [-0.05, 0) is 62.0 Å². The first-order chi connectivity index (χ1) is 17.2. The third-order valence-electron chi connectivity index (χ3n) is 6.67. The molecule has 0 unspecified atom stereocenters. The Bertz CT molecular complexity index is 1180. The number of nitrogens with one attached hydrogen (secondary N) is 1. The quantitative estimate of drug-likeness (QED) is 0.433. The second kappa shape index (κ2) is 11.7. The SMILES string of the molecule is COc1ccc2c(c1)-c1nc(Nc3cc(OC)c(OCCN4CCCC4)c(OC)c3)ncc1CC2.Cl. The molecule has 0 saturated carbocycles. The Morgan fingerprint density at radius 3 is 2.33 bits per heavy atom. The minimum absolute atomic E-state index is 0. The van der Waals surface area contributed by atoms with Crippen molar-refractivity contribution in [3.63, 3.8) is 0 Å². The highest BCUT2D eigenvalue weighted by atomic mass is 35.5. The maximum atomic E-state index is 6.09. The highest BCUT2D eigenvalue weighted by molar-refractivity contribution is 5.85. The Morgan fingerprint density at radius 1 is 0.917 bits per heavy atom. The van der Waals surface area contributed by atoms with E-state index in [0.29, 0.717) is 29.8 Å². The first-order valence-corrected chi connectivity index (χ1v) is 12.1. The highest BCUT2D eigenvalue weighted by Gasteiger charge is 2.21. The van der Waals surface area contributed by atoms with Gasteiger partial charge < -0.3 is 24.3 Å². The molecule has 1 saturated heterocycles. The van der Waals surface area contributed by atoms with Crippen molar-refractivity contribution in [3.8, 4) is 34.3 Å². The molecule has 1 N–H and O–H groups in total. The van der Waals surface area contributed by atoms with E-state index >= 15 is 0 Å². The fourth-order valence-corrected chi connectivity index (χ4v) is 4.78. The Morgan fingerprint density at radius 2 is 1.64 bits per heavy atom. The number of benzene rings is 2. The highest BCUT2D eigenvalue weighted by Crippen LogP contribution is 2.41. The van der Waals surface area contributed by atoms with Crippen molar-refractivity contribution in [2.45, 2.75) is 25.7 Å². The minimum Gasteiger partial charge on any atom is -0.497 e. The summed E-state index contributed by atoms with van der Waals surface area (Å²) in [7, 11) is 4.94. The van der Waals surface area contributed by atoms with Crippen LogP contribution in [0.3, 0.4) is 0 Å². The van der Waals surface area contributed by atoms with E-state index in [1.165, 1.54) is 18.4 Å². The van der Waals surface area contributed by atoms with Gasteiger partial charge in [0.2, 0.25) is 11.7 Å². The van der Waals surface area contributed by atoms with Gasteiger partial charge in [-0.1, -0.05) is 6.07 Å². The molecule has 0 radical (unpaired) electrons. The van der Waals surface area contributed by atoms with Gasteiger partial charge in [0.15, 0.2) is 11.5 Å². The number of nitrogens with zero attached hydrogens (tertiary/aromatic N) is 3. The molecule has 0 atom stereocenters. The summed E-state index contributed by atoms with van der Waals surface area (Å²) in [5.74, 6) is 3.13. The van der Waals surface area contributed by atoms with Crippen LogP contribution in [-0.2, 0) is 12.8 Å². The van der Waals surface area contributed by atoms with Crippen molar-refractivity contribution < 1.29 is 18.9 Å². The van der Waals surface area contributed by atoms with Gasteiger partial charge in [0.05, 0.1) is 27.0 Å². The molecule has 1 aliphatic heterocycles. The summed E-state index contributed by atoms with van der Waals surface area (Å²) in [6.07, 6.45) is 6.31. The third kappa shape index (κ3) is 5.44. The van der Waals surface area contributed by atoms with E-state index in [0.717, 1.165) is 60.7 Å². The van der Waals surface area contributed by atoms with Crippen molar-refractivity contribution in [1.82, 2.24) is 14.9 Å². The van der Waals surface area contributed by atoms with Crippen LogP contribution in [-0.4, -0.2) is 62.4 Å². The largest absolute Gasteiger partial charge is 0.497 e. The second-order valence-electron chi connectivity index (χ2n) is 8.82. The Hall–Kier alpha value is -3.23. The summed E-state index contributed by atoms with van der Waals surface area (Å²) in [5.41, 5.74) is 5.18. The monoisotopic (exact) mass is 512 g/mol. The summed E-state index contributed by atoms with van der Waals surface area (Å²) in [5, 5.41) is 3.31. The van der Waals surface area contributed by atoms with Crippen LogP contribution in [0.15, 0.2) is 36.5 Å². The molecule has 0 amide bonds. The summed E-state index contributed by atoms with van der Waals surface area (Å²) < 4.78 is 22.8. The predicted molar refractivity (Wildman–Crippen MR) is 143 cm³/mol. The van der Waals surface area contributed by atoms with Gasteiger partial charge in [0, 0.05) is 36.1 Å². The summed E-state index contributed by atoms with van der Waals surface area (Å²) in [6.45, 7) is 3.74. The average Bonchev–Trinajstić information content (AvgIpc) is 3.42. The first kappa shape index (κ1) is 25.9. The molecule has 0 spiro atoms. The van der Waals surface area contributed by atoms with Crippen LogP contribution in [0, 0.1) is 0 Å². The van der Waals surface area contributed by atoms with Crippen molar-refractivity contribution in [2.24, 2.45) is 0 Å². The smallest absolute Gasteiger partial charge is 0.227 e. The van der Waals surface area contributed by atoms with Gasteiger partial charge in [-0.2, -0.15) is 0 Å². The lowest BCUT2D eigenvalue weighted by Crippen LogP contribution is -2.25. The Kier molecular flexibility index (Phi) is 8.38. The summed E-state index contributed by atoms with van der Waals surface area (Å²) >= 11 is 0. The number of hydrogen-bond acceptors (Lipinski definition) is 8. The lowest BCUT2D eigenvalue weighted by Gasteiger charge is -2.20. The van der Waals surface area contributed by atoms with Gasteiger partial charge in [-0.3, -0.25) is 4.90 Å². The lowest BCUT2D eigenvalue weighted by atomic mass is 9.90. The van der Waals surface area contributed by atoms with Crippen molar-refractivity contribution in [1.29, 1.82) is 0 Å². The van der Waals surface area contributed by atoms with E-state index in [1.807, 2.05) is 30.5 Å². The molecule has 1 aliphatic carbocycles. The van der Waals surface area contributed by atoms with E-state index in [-0.39, 0.29) is 12.4 Å². The van der Waals surface area contributed by atoms with Crippen LogP contribution in [0.1, 0.15) is 24.0 Å². The number of anilines is 2. The topological polar surface area (TPSA) is 78.0 Å². The van der Waals surface area contributed by atoms with E-state index in [4.69, 9.17) is 23.9 Å². The van der Waals surface area contributed by atoms with Crippen LogP contribution in [0.5, 0.6) is 23.0 Å². The zero-order chi connectivity index (χ0) is 24.2. The number of ether oxygens (including phenoxy) is 4. The fraction of sp³-hybridized carbons (Fsp3) is 0.407. The number of rotatable bonds is 9. The number of fused-ring (bicyclic) bond motifs is 3. The molecule has 192 valence electrons. The van der Waals surface area contributed by atoms with Crippen molar-refractivity contribution in [3.05, 3.63) is 47.7 Å². The van der Waals surface area contributed by atoms with E-state index in [2.05, 4.69) is 21.3 Å². The Balaban J connectivity index is 0.00000304. The van der Waals surface area contributed by atoms with Crippen LogP contribution >= 0.6 is 12.4 Å². The minimum atomic E-state index is 0. The van der Waals surface area contributed by atoms with Crippen molar-refractivity contribution >= 4 is 24.0 Å². The van der Waals surface area contributed by atoms with E-state index < -0.39 is 0 Å². The predicted octanol–water partition coefficient (Wildman–Crippen LogP) is 4.91. The molecule has 1 fully saturated rings. The number of hydrogen-bond donors (Lipinski definition) is 1. The van der Waals surface area contributed by atoms with Gasteiger partial charge in [0.25, 0.3) is 0 Å². The number of methoxy groups -OCH3 is 3. The van der Waals surface area contributed by atoms with Crippen molar-refractivity contribution in [2.75, 3.05) is 52.9 Å². The van der Waals surface area contributed by atoms with Gasteiger partial charge in [-0.15, -0.1) is 12.4 Å². The zero-order valence-electron chi connectivity index (χ0n) is 21.0. The molecule has 0 bridgehead atoms. The maximum Gasteiger partial charge on any atom is 0.227 e. The lowest BCUT2D eigenvalue weighted by molar-refractivity contribution is 0.222. The molecule has 36 heavy (non-hydrogen) atoms. The molecule has 2 heterocycles. The average molecular weight is 513 g/mol. The molecule has 9 heteroatoms. The standard InChI is InChI=1S/C27H32N4O4.ClH/c1-32-21-9-8-18-6-7-19-17-28-27(30-25(19)22(18)16-21)29-20-14-23(33-2)26(24(15-20)34-3)35-13-12-31-10-4-5-11-31;/h8-9,14-17H,4-7,10-13H2,1-3H3,(H,28,29,30);1H. The molecule has 2 aromatic carbocycles. The number of aryl methyl sites for hydroxylation is 2. The van der Waals surface area contributed by atoms with Gasteiger partial charge >= 0.3 is 0 Å². The molecule has 3 aromatic rings. The summed E-state index contributed by atoms with van der Waals surface area (Å²) in [6, 6.07) is 9.92. The molecule has 2 aliphatic rings. The zero-order valence-corrected chi connectivity index (χ0v) is 21.8. The molecular formula is C27H33ClN4O4. The van der Waals surface area contributed by atoms with Crippen LogP contribution in [0.2, 0.25) is 0 Å². The van der Waals surface area contributed by atoms with E-state index in [9.17, 15) is 0 Å². The number of aromatic nitrogens is 2. The third-order valence-corrected chi connectivity index (χ3v) is 6.67. The molecular weight excluding hydrogens is 480 g/mol. The van der Waals surface area contributed by atoms with Gasteiger partial charge in [0.1, 0.15) is 12.4 Å². The molecule has 8 nitrogen and oxygen atoms in total.